The van der Waals surface area contributed by atoms with E-state index in [-0.39, 0.29) is 6.23 Å². The van der Waals surface area contributed by atoms with Gasteiger partial charge >= 0.3 is 0 Å². The Balaban J connectivity index is 1.30. The molecule has 204 valence electrons. The van der Waals surface area contributed by atoms with Crippen molar-refractivity contribution in [1.29, 1.82) is 0 Å². The van der Waals surface area contributed by atoms with Crippen molar-refractivity contribution in [2.75, 3.05) is 26.1 Å². The summed E-state index contributed by atoms with van der Waals surface area (Å²) in [6.45, 7) is 1.33. The zero-order valence-electron chi connectivity index (χ0n) is 22.4. The first-order valence-electron chi connectivity index (χ1n) is 13.3. The van der Waals surface area contributed by atoms with Gasteiger partial charge in [0.15, 0.2) is 0 Å². The summed E-state index contributed by atoms with van der Waals surface area (Å²) in [7, 11) is 3.29. The molecule has 1 saturated heterocycles. The number of ether oxygens (including phenoxy) is 3. The molecular weight excluding hydrogens is 526 g/mol. The van der Waals surface area contributed by atoms with E-state index >= 15 is 0 Å². The lowest BCUT2D eigenvalue weighted by Gasteiger charge is -2.22. The quantitative estimate of drug-likeness (QED) is 0.218. The summed E-state index contributed by atoms with van der Waals surface area (Å²) in [6, 6.07) is 19.9. The van der Waals surface area contributed by atoms with E-state index < -0.39 is 0 Å². The fourth-order valence-corrected chi connectivity index (χ4v) is 5.28. The lowest BCUT2D eigenvalue weighted by atomic mass is 9.96. The zero-order chi connectivity index (χ0) is 27.5. The third-order valence-corrected chi connectivity index (χ3v) is 7.47. The predicted molar refractivity (Wildman–Crippen MR) is 157 cm³/mol. The fourth-order valence-electron chi connectivity index (χ4n) is 5.11. The smallest absolute Gasteiger partial charge is 0.150 e. The largest absolute Gasteiger partial charge is 0.497 e. The molecule has 5 aromatic rings. The Labute approximate surface area is 237 Å². The van der Waals surface area contributed by atoms with Gasteiger partial charge in [-0.15, -0.1) is 0 Å². The average Bonchev–Trinajstić information content (AvgIpc) is 3.50. The standard InChI is InChI=1S/C31H30ClN5O3/c1-38-23-9-6-21(30(17-23)39-2)18-33-29-19-34-35-28-15-20(7-10-25(28)29)26-16-22(32)8-11-24(26)27-12-13-37(36-27)31-5-3-4-14-40-31/h6-13,15-17,19,31H,3-5,14,18H2,1-2H3,(H,33,35). The van der Waals surface area contributed by atoms with Gasteiger partial charge in [-0.3, -0.25) is 0 Å². The molecule has 1 aliphatic heterocycles. The first-order chi connectivity index (χ1) is 19.6. The van der Waals surface area contributed by atoms with Crippen LogP contribution in [0.2, 0.25) is 5.02 Å². The number of rotatable bonds is 8. The van der Waals surface area contributed by atoms with Gasteiger partial charge in [0.1, 0.15) is 17.7 Å². The zero-order valence-corrected chi connectivity index (χ0v) is 23.2. The second-order valence-electron chi connectivity index (χ2n) is 9.71. The van der Waals surface area contributed by atoms with Crippen molar-refractivity contribution in [2.45, 2.75) is 32.0 Å². The van der Waals surface area contributed by atoms with Crippen LogP contribution >= 0.6 is 11.6 Å². The number of hydrogen-bond donors (Lipinski definition) is 1. The van der Waals surface area contributed by atoms with Crippen LogP contribution in [0, 0.1) is 0 Å². The Morgan fingerprint density at radius 2 is 1.93 bits per heavy atom. The number of benzene rings is 3. The summed E-state index contributed by atoms with van der Waals surface area (Å²) in [5.41, 5.74) is 6.49. The first kappa shape index (κ1) is 26.1. The van der Waals surface area contributed by atoms with Gasteiger partial charge in [-0.1, -0.05) is 23.7 Å². The summed E-state index contributed by atoms with van der Waals surface area (Å²) >= 11 is 6.47. The molecule has 9 heteroatoms. The maximum Gasteiger partial charge on any atom is 0.150 e. The summed E-state index contributed by atoms with van der Waals surface area (Å²) in [5, 5.41) is 18.7. The lowest BCUT2D eigenvalue weighted by Crippen LogP contribution is -2.18. The highest BCUT2D eigenvalue weighted by atomic mass is 35.5. The lowest BCUT2D eigenvalue weighted by molar-refractivity contribution is -0.0393. The van der Waals surface area contributed by atoms with E-state index in [1.54, 1.807) is 20.4 Å². The molecule has 2 aromatic heterocycles. The molecule has 0 bridgehead atoms. The number of methoxy groups -OCH3 is 2. The van der Waals surface area contributed by atoms with Gasteiger partial charge in [0.25, 0.3) is 0 Å². The highest BCUT2D eigenvalue weighted by molar-refractivity contribution is 6.31. The van der Waals surface area contributed by atoms with Crippen molar-refractivity contribution in [3.63, 3.8) is 0 Å². The first-order valence-corrected chi connectivity index (χ1v) is 13.7. The van der Waals surface area contributed by atoms with Crippen molar-refractivity contribution >= 4 is 28.2 Å². The van der Waals surface area contributed by atoms with Crippen LogP contribution in [0.15, 0.2) is 73.1 Å². The number of halogens is 1. The van der Waals surface area contributed by atoms with E-state index in [1.165, 1.54) is 0 Å². The van der Waals surface area contributed by atoms with E-state index in [0.29, 0.717) is 11.6 Å². The SMILES string of the molecule is COc1ccc(CNc2cnnc3cc(-c4cc(Cl)ccc4-c4ccn(C5CCCCO5)n4)ccc23)c(OC)c1. The topological polar surface area (TPSA) is 83.3 Å². The third kappa shape index (κ3) is 5.33. The fraction of sp³-hybridized carbons (Fsp3) is 0.258. The van der Waals surface area contributed by atoms with Crippen LogP contribution in [0.25, 0.3) is 33.3 Å². The van der Waals surface area contributed by atoms with Crippen LogP contribution < -0.4 is 14.8 Å². The number of nitrogens with zero attached hydrogens (tertiary/aromatic N) is 4. The second-order valence-corrected chi connectivity index (χ2v) is 10.2. The molecule has 6 rings (SSSR count). The predicted octanol–water partition coefficient (Wildman–Crippen LogP) is 7.14. The molecule has 8 nitrogen and oxygen atoms in total. The highest BCUT2D eigenvalue weighted by Crippen LogP contribution is 2.36. The Morgan fingerprint density at radius 1 is 1.00 bits per heavy atom. The Kier molecular flexibility index (Phi) is 7.53. The molecule has 1 atom stereocenters. The minimum atomic E-state index is -0.0157. The van der Waals surface area contributed by atoms with Crippen LogP contribution in [0.1, 0.15) is 31.1 Å². The van der Waals surface area contributed by atoms with E-state index in [1.807, 2.05) is 59.4 Å². The van der Waals surface area contributed by atoms with Crippen molar-refractivity contribution in [1.82, 2.24) is 20.0 Å². The minimum Gasteiger partial charge on any atom is -0.497 e. The normalized spacial score (nSPS) is 15.2. The molecule has 0 aliphatic carbocycles. The number of anilines is 1. The van der Waals surface area contributed by atoms with Gasteiger partial charge in [-0.25, -0.2) is 4.68 Å². The molecule has 3 heterocycles. The minimum absolute atomic E-state index is 0.0157. The van der Waals surface area contributed by atoms with Gasteiger partial charge < -0.3 is 19.5 Å². The van der Waals surface area contributed by atoms with Crippen LogP contribution in [0.5, 0.6) is 11.5 Å². The monoisotopic (exact) mass is 555 g/mol. The number of nitrogens with one attached hydrogen (secondary N) is 1. The second kappa shape index (κ2) is 11.5. The number of aromatic nitrogens is 4. The summed E-state index contributed by atoms with van der Waals surface area (Å²) in [4.78, 5) is 0. The number of fused-ring (bicyclic) bond motifs is 1. The van der Waals surface area contributed by atoms with Gasteiger partial charge in [0.05, 0.1) is 37.3 Å². The maximum absolute atomic E-state index is 6.47. The molecule has 1 aliphatic rings. The molecule has 1 fully saturated rings. The summed E-state index contributed by atoms with van der Waals surface area (Å²) < 4.78 is 18.7. The van der Waals surface area contributed by atoms with Crippen molar-refractivity contribution in [2.24, 2.45) is 0 Å². The van der Waals surface area contributed by atoms with Crippen molar-refractivity contribution in [3.8, 4) is 33.9 Å². The molecule has 3 aromatic carbocycles. The molecule has 0 saturated carbocycles. The van der Waals surface area contributed by atoms with Gasteiger partial charge in [-0.2, -0.15) is 15.3 Å². The van der Waals surface area contributed by atoms with Gasteiger partial charge in [-0.05, 0) is 72.9 Å². The molecular formula is C31H30ClN5O3. The molecule has 40 heavy (non-hydrogen) atoms. The van der Waals surface area contributed by atoms with E-state index in [0.717, 1.165) is 81.9 Å². The Hall–Kier alpha value is -4.14. The number of hydrogen-bond acceptors (Lipinski definition) is 7. The molecule has 0 radical (unpaired) electrons. The van der Waals surface area contributed by atoms with Crippen LogP contribution in [0.4, 0.5) is 5.69 Å². The highest BCUT2D eigenvalue weighted by Gasteiger charge is 2.19. The van der Waals surface area contributed by atoms with Crippen LogP contribution in [-0.2, 0) is 11.3 Å². The summed E-state index contributed by atoms with van der Waals surface area (Å²) in [6.07, 6.45) is 6.93. The average molecular weight is 556 g/mol. The van der Waals surface area contributed by atoms with E-state index in [2.05, 4.69) is 27.6 Å². The van der Waals surface area contributed by atoms with Crippen molar-refractivity contribution in [3.05, 3.63) is 83.6 Å². The Morgan fingerprint density at radius 3 is 2.75 bits per heavy atom. The van der Waals surface area contributed by atoms with Crippen LogP contribution in [0.3, 0.4) is 0 Å². The summed E-state index contributed by atoms with van der Waals surface area (Å²) in [5.74, 6) is 1.50. The molecule has 1 unspecified atom stereocenters. The van der Waals surface area contributed by atoms with E-state index in [9.17, 15) is 0 Å². The van der Waals surface area contributed by atoms with Crippen molar-refractivity contribution < 1.29 is 14.2 Å². The van der Waals surface area contributed by atoms with Gasteiger partial charge in [0, 0.05) is 47.0 Å². The molecule has 0 amide bonds. The Bertz CT molecular complexity index is 1650. The third-order valence-electron chi connectivity index (χ3n) is 7.23. The van der Waals surface area contributed by atoms with E-state index in [4.69, 9.17) is 30.9 Å². The molecule has 0 spiro atoms. The molecule has 1 N–H and O–H groups in total. The maximum atomic E-state index is 6.47. The van der Waals surface area contributed by atoms with Crippen LogP contribution in [-0.4, -0.2) is 40.8 Å². The van der Waals surface area contributed by atoms with Gasteiger partial charge in [0.2, 0.25) is 0 Å².